The number of nitrogens with one attached hydrogen (secondary N) is 1. The lowest BCUT2D eigenvalue weighted by Gasteiger charge is -2.31. The predicted molar refractivity (Wildman–Crippen MR) is 81.1 cm³/mol. The summed E-state index contributed by atoms with van der Waals surface area (Å²) in [5, 5.41) is 8.63. The van der Waals surface area contributed by atoms with Crippen molar-refractivity contribution in [3.05, 3.63) is 16.9 Å². The molecule has 1 atom stereocenters. The van der Waals surface area contributed by atoms with Crippen molar-refractivity contribution in [1.29, 1.82) is 0 Å². The number of hydrogen-bond donors (Lipinski definition) is 1. The first-order valence-corrected chi connectivity index (χ1v) is 7.62. The number of nitrogens with zero attached hydrogens (tertiary/aromatic N) is 3. The van der Waals surface area contributed by atoms with E-state index in [0.717, 1.165) is 49.9 Å². The fourth-order valence-electron chi connectivity index (χ4n) is 2.80. The molecule has 6 heteroatoms. The molecule has 1 aromatic rings. The van der Waals surface area contributed by atoms with Gasteiger partial charge in [0.25, 0.3) is 0 Å². The van der Waals surface area contributed by atoms with Gasteiger partial charge in [0.15, 0.2) is 0 Å². The molecule has 0 aliphatic carbocycles. The minimum absolute atomic E-state index is 0.246. The SMILES string of the molecule is CNC(c1c(Cl)cnn1CCN(C)C)C1CCOCC1. The molecule has 0 bridgehead atoms. The van der Waals surface area contributed by atoms with E-state index in [9.17, 15) is 0 Å². The average molecular weight is 301 g/mol. The third kappa shape index (κ3) is 3.73. The number of hydrogen-bond acceptors (Lipinski definition) is 4. The van der Waals surface area contributed by atoms with Crippen LogP contribution in [0.25, 0.3) is 0 Å². The minimum atomic E-state index is 0.246. The first kappa shape index (κ1) is 15.8. The summed E-state index contributed by atoms with van der Waals surface area (Å²) >= 11 is 6.38. The molecule has 1 N–H and O–H groups in total. The zero-order valence-electron chi connectivity index (χ0n) is 12.6. The molecular weight excluding hydrogens is 276 g/mol. The predicted octanol–water partition coefficient (Wildman–Crippen LogP) is 1.79. The van der Waals surface area contributed by atoms with Gasteiger partial charge in [-0.1, -0.05) is 11.6 Å². The van der Waals surface area contributed by atoms with E-state index in [1.54, 1.807) is 6.20 Å². The van der Waals surface area contributed by atoms with E-state index in [2.05, 4.69) is 29.4 Å². The molecular formula is C14H25ClN4O. The molecule has 1 aliphatic heterocycles. The van der Waals surface area contributed by atoms with Gasteiger partial charge in [-0.15, -0.1) is 0 Å². The normalized spacial score (nSPS) is 18.6. The molecule has 1 aromatic heterocycles. The first-order valence-electron chi connectivity index (χ1n) is 7.24. The Morgan fingerprint density at radius 2 is 2.20 bits per heavy atom. The van der Waals surface area contributed by atoms with Gasteiger partial charge in [0.2, 0.25) is 0 Å². The molecule has 0 saturated carbocycles. The largest absolute Gasteiger partial charge is 0.381 e. The highest BCUT2D eigenvalue weighted by molar-refractivity contribution is 6.31. The summed E-state index contributed by atoms with van der Waals surface area (Å²) in [4.78, 5) is 2.15. The highest BCUT2D eigenvalue weighted by Crippen LogP contribution is 2.33. The molecule has 1 fully saturated rings. The van der Waals surface area contributed by atoms with Gasteiger partial charge in [0.05, 0.1) is 29.5 Å². The Labute approximate surface area is 126 Å². The number of aromatic nitrogens is 2. The monoisotopic (exact) mass is 300 g/mol. The van der Waals surface area contributed by atoms with Gasteiger partial charge in [0, 0.05) is 19.8 Å². The standard InChI is InChI=1S/C14H25ClN4O/c1-16-13(11-4-8-20-9-5-11)14-12(15)10-17-19(14)7-6-18(2)3/h10-11,13,16H,4-9H2,1-3H3. The second-order valence-corrected chi connectivity index (χ2v) is 6.03. The van der Waals surface area contributed by atoms with Gasteiger partial charge in [-0.25, -0.2) is 0 Å². The van der Waals surface area contributed by atoms with E-state index in [0.29, 0.717) is 5.92 Å². The Bertz CT molecular complexity index is 415. The quantitative estimate of drug-likeness (QED) is 0.870. The van der Waals surface area contributed by atoms with Crippen molar-refractivity contribution in [2.75, 3.05) is 40.9 Å². The second kappa shape index (κ2) is 7.41. The van der Waals surface area contributed by atoms with Crippen LogP contribution < -0.4 is 5.32 Å². The van der Waals surface area contributed by atoms with Gasteiger partial charge >= 0.3 is 0 Å². The maximum Gasteiger partial charge on any atom is 0.0834 e. The summed E-state index contributed by atoms with van der Waals surface area (Å²) < 4.78 is 7.50. The smallest absolute Gasteiger partial charge is 0.0834 e. The molecule has 114 valence electrons. The van der Waals surface area contributed by atoms with Crippen LogP contribution in [0.1, 0.15) is 24.6 Å². The molecule has 1 aliphatic rings. The molecule has 5 nitrogen and oxygen atoms in total. The van der Waals surface area contributed by atoms with Gasteiger partial charge in [-0.2, -0.15) is 5.10 Å². The summed E-state index contributed by atoms with van der Waals surface area (Å²) in [5.74, 6) is 0.557. The summed E-state index contributed by atoms with van der Waals surface area (Å²) in [6.45, 7) is 3.49. The molecule has 1 unspecified atom stereocenters. The van der Waals surface area contributed by atoms with E-state index in [1.165, 1.54) is 0 Å². The second-order valence-electron chi connectivity index (χ2n) is 5.62. The van der Waals surface area contributed by atoms with Crippen LogP contribution in [0, 0.1) is 5.92 Å². The van der Waals surface area contributed by atoms with E-state index >= 15 is 0 Å². The summed E-state index contributed by atoms with van der Waals surface area (Å²) in [6, 6.07) is 0.246. The zero-order chi connectivity index (χ0) is 14.5. The van der Waals surface area contributed by atoms with Crippen LogP contribution in [0.5, 0.6) is 0 Å². The van der Waals surface area contributed by atoms with Crippen LogP contribution in [-0.2, 0) is 11.3 Å². The molecule has 0 radical (unpaired) electrons. The van der Waals surface area contributed by atoms with Crippen molar-refractivity contribution in [3.63, 3.8) is 0 Å². The number of likely N-dealkylation sites (N-methyl/N-ethyl adjacent to an activating group) is 1. The summed E-state index contributed by atoms with van der Waals surface area (Å²) in [5.41, 5.74) is 1.11. The minimum Gasteiger partial charge on any atom is -0.381 e. The molecule has 0 spiro atoms. The average Bonchev–Trinajstić information content (AvgIpc) is 2.80. The molecule has 2 rings (SSSR count). The Hall–Kier alpha value is -0.620. The molecule has 1 saturated heterocycles. The first-order chi connectivity index (χ1) is 9.63. The Balaban J connectivity index is 2.17. The highest BCUT2D eigenvalue weighted by atomic mass is 35.5. The van der Waals surface area contributed by atoms with E-state index in [4.69, 9.17) is 16.3 Å². The van der Waals surface area contributed by atoms with E-state index in [-0.39, 0.29) is 6.04 Å². The van der Waals surface area contributed by atoms with Crippen molar-refractivity contribution < 1.29 is 4.74 Å². The maximum absolute atomic E-state index is 6.38. The number of halogens is 1. The summed E-state index contributed by atoms with van der Waals surface area (Å²) in [7, 11) is 6.14. The molecule has 2 heterocycles. The lowest BCUT2D eigenvalue weighted by Crippen LogP contribution is -2.32. The maximum atomic E-state index is 6.38. The third-order valence-electron chi connectivity index (χ3n) is 3.94. The van der Waals surface area contributed by atoms with E-state index in [1.807, 2.05) is 11.7 Å². The van der Waals surface area contributed by atoms with Gasteiger partial charge < -0.3 is 15.0 Å². The van der Waals surface area contributed by atoms with Gasteiger partial charge in [-0.05, 0) is 39.9 Å². The lowest BCUT2D eigenvalue weighted by atomic mass is 9.89. The highest BCUT2D eigenvalue weighted by Gasteiger charge is 2.28. The zero-order valence-corrected chi connectivity index (χ0v) is 13.4. The molecule has 20 heavy (non-hydrogen) atoms. The van der Waals surface area contributed by atoms with E-state index < -0.39 is 0 Å². The van der Waals surface area contributed by atoms with Crippen LogP contribution in [0.4, 0.5) is 0 Å². The van der Waals surface area contributed by atoms with Crippen LogP contribution in [0.3, 0.4) is 0 Å². The topological polar surface area (TPSA) is 42.3 Å². The fraction of sp³-hybridized carbons (Fsp3) is 0.786. The van der Waals surface area contributed by atoms with Crippen LogP contribution in [0.15, 0.2) is 6.20 Å². The summed E-state index contributed by atoms with van der Waals surface area (Å²) in [6.07, 6.45) is 3.90. The lowest BCUT2D eigenvalue weighted by molar-refractivity contribution is 0.0534. The number of ether oxygens (including phenoxy) is 1. The van der Waals surface area contributed by atoms with Crippen LogP contribution in [-0.4, -0.2) is 55.6 Å². The van der Waals surface area contributed by atoms with Crippen molar-refractivity contribution in [2.45, 2.75) is 25.4 Å². The van der Waals surface area contributed by atoms with Crippen molar-refractivity contribution in [2.24, 2.45) is 5.92 Å². The number of rotatable bonds is 6. The molecule has 0 amide bonds. The fourth-order valence-corrected chi connectivity index (χ4v) is 3.06. The Kier molecular flexibility index (Phi) is 5.84. The Morgan fingerprint density at radius 3 is 2.80 bits per heavy atom. The van der Waals surface area contributed by atoms with Crippen molar-refractivity contribution >= 4 is 11.6 Å². The molecule has 0 aromatic carbocycles. The van der Waals surface area contributed by atoms with Crippen molar-refractivity contribution in [1.82, 2.24) is 20.0 Å². The third-order valence-corrected chi connectivity index (χ3v) is 4.23. The van der Waals surface area contributed by atoms with Gasteiger partial charge in [-0.3, -0.25) is 4.68 Å². The van der Waals surface area contributed by atoms with Crippen LogP contribution >= 0.6 is 11.6 Å². The van der Waals surface area contributed by atoms with Crippen LogP contribution in [0.2, 0.25) is 5.02 Å². The van der Waals surface area contributed by atoms with Gasteiger partial charge in [0.1, 0.15) is 0 Å². The Morgan fingerprint density at radius 1 is 1.50 bits per heavy atom. The van der Waals surface area contributed by atoms with Crippen molar-refractivity contribution in [3.8, 4) is 0 Å².